The Morgan fingerprint density at radius 3 is 2.42 bits per heavy atom. The van der Waals surface area contributed by atoms with E-state index in [1.165, 1.54) is 24.3 Å². The molecule has 5 nitrogen and oxygen atoms in total. The molecule has 0 saturated heterocycles. The molecular weight excluding hydrogens is 371 g/mol. The summed E-state index contributed by atoms with van der Waals surface area (Å²) < 4.78 is 36.9. The summed E-state index contributed by atoms with van der Waals surface area (Å²) in [5.74, 6) is -2.60. The van der Waals surface area contributed by atoms with Gasteiger partial charge in [0.25, 0.3) is 5.91 Å². The van der Waals surface area contributed by atoms with E-state index in [1.54, 1.807) is 36.5 Å². The average Bonchev–Trinajstić information content (AvgIpc) is 2.59. The lowest BCUT2D eigenvalue weighted by molar-refractivity contribution is -0.167. The zero-order chi connectivity index (χ0) is 19.3. The summed E-state index contributed by atoms with van der Waals surface area (Å²) in [6.07, 6.45) is -4.98. The number of carbonyl (C=O) groups excluding carboxylic acids is 2. The maximum Gasteiger partial charge on any atom is 0.471 e. The minimum absolute atomic E-state index is 0.0446. The van der Waals surface area contributed by atoms with Crippen molar-refractivity contribution in [3.05, 3.63) is 64.7 Å². The number of hydrogen-bond acceptors (Lipinski definition) is 3. The zero-order valence-corrected chi connectivity index (χ0v) is 14.2. The lowest BCUT2D eigenvalue weighted by Gasteiger charge is -2.09. The van der Waals surface area contributed by atoms with E-state index >= 15 is 0 Å². The second kappa shape index (κ2) is 8.01. The molecule has 2 rings (SSSR count). The number of halogens is 4. The lowest BCUT2D eigenvalue weighted by Crippen LogP contribution is -2.29. The van der Waals surface area contributed by atoms with Gasteiger partial charge in [0, 0.05) is 5.69 Å². The van der Waals surface area contributed by atoms with Crippen LogP contribution in [0.2, 0.25) is 5.02 Å². The number of carbonyl (C=O) groups is 2. The number of rotatable bonds is 4. The van der Waals surface area contributed by atoms with Crippen molar-refractivity contribution in [1.82, 2.24) is 5.43 Å². The molecule has 0 aliphatic carbocycles. The smallest absolute Gasteiger partial charge is 0.318 e. The first-order chi connectivity index (χ1) is 12.2. The van der Waals surface area contributed by atoms with Gasteiger partial charge in [0.15, 0.2) is 0 Å². The average molecular weight is 384 g/mol. The Hall–Kier alpha value is -2.87. The van der Waals surface area contributed by atoms with Gasteiger partial charge in [0.2, 0.25) is 0 Å². The highest BCUT2D eigenvalue weighted by Crippen LogP contribution is 2.19. The van der Waals surface area contributed by atoms with Crippen molar-refractivity contribution < 1.29 is 22.8 Å². The molecule has 0 unspecified atom stereocenters. The first-order valence-corrected chi connectivity index (χ1v) is 7.64. The number of amides is 2. The lowest BCUT2D eigenvalue weighted by atomic mass is 10.1. The van der Waals surface area contributed by atoms with Crippen molar-refractivity contribution in [2.75, 3.05) is 5.32 Å². The normalized spacial score (nSPS) is 11.8. The molecule has 0 spiro atoms. The van der Waals surface area contributed by atoms with Gasteiger partial charge in [-0.05, 0) is 36.8 Å². The highest BCUT2D eigenvalue weighted by atomic mass is 35.5. The van der Waals surface area contributed by atoms with Crippen molar-refractivity contribution in [2.24, 2.45) is 5.10 Å². The first kappa shape index (κ1) is 19.5. The molecule has 0 radical (unpaired) electrons. The third kappa shape index (κ3) is 5.06. The molecule has 2 aromatic rings. The van der Waals surface area contributed by atoms with Gasteiger partial charge in [0.05, 0.1) is 16.3 Å². The Labute approximate surface area is 151 Å². The van der Waals surface area contributed by atoms with Crippen LogP contribution in [0.25, 0.3) is 0 Å². The number of benzene rings is 2. The van der Waals surface area contributed by atoms with E-state index in [4.69, 9.17) is 11.6 Å². The maximum atomic E-state index is 12.3. The zero-order valence-electron chi connectivity index (χ0n) is 13.4. The second-order valence-electron chi connectivity index (χ2n) is 5.15. The third-order valence-corrected chi connectivity index (χ3v) is 3.57. The number of hydrogen-bond donors (Lipinski definition) is 2. The highest BCUT2D eigenvalue weighted by Gasteiger charge is 2.38. The van der Waals surface area contributed by atoms with Gasteiger partial charge >= 0.3 is 12.1 Å². The molecule has 0 heterocycles. The van der Waals surface area contributed by atoms with Crippen LogP contribution in [0, 0.1) is 0 Å². The van der Waals surface area contributed by atoms with Gasteiger partial charge in [-0.25, -0.2) is 5.43 Å². The molecule has 0 aromatic heterocycles. The van der Waals surface area contributed by atoms with Gasteiger partial charge in [0.1, 0.15) is 0 Å². The van der Waals surface area contributed by atoms with E-state index in [-0.39, 0.29) is 16.3 Å². The summed E-state index contributed by atoms with van der Waals surface area (Å²) in [6, 6.07) is 12.0. The highest BCUT2D eigenvalue weighted by molar-refractivity contribution is 6.33. The Morgan fingerprint density at radius 2 is 1.77 bits per heavy atom. The van der Waals surface area contributed by atoms with Gasteiger partial charge in [-0.3, -0.25) is 9.59 Å². The largest absolute Gasteiger partial charge is 0.471 e. The number of nitrogens with zero attached hydrogens (tertiary/aromatic N) is 1. The van der Waals surface area contributed by atoms with Crippen LogP contribution < -0.4 is 10.7 Å². The first-order valence-electron chi connectivity index (χ1n) is 7.26. The fraction of sp³-hybridized carbons (Fsp3) is 0.118. The number of nitrogens with one attached hydrogen (secondary N) is 2. The molecule has 0 bridgehead atoms. The summed E-state index contributed by atoms with van der Waals surface area (Å²) in [5.41, 5.74) is 3.26. The molecule has 9 heteroatoms. The van der Waals surface area contributed by atoms with Gasteiger partial charge in [-0.1, -0.05) is 35.9 Å². The van der Waals surface area contributed by atoms with E-state index in [9.17, 15) is 22.8 Å². The maximum absolute atomic E-state index is 12.3. The Bertz CT molecular complexity index is 866. The van der Waals surface area contributed by atoms with Crippen molar-refractivity contribution in [1.29, 1.82) is 0 Å². The van der Waals surface area contributed by atoms with Crippen LogP contribution in [0.4, 0.5) is 18.9 Å². The van der Waals surface area contributed by atoms with E-state index in [1.807, 2.05) is 0 Å². The van der Waals surface area contributed by atoms with Crippen LogP contribution in [-0.2, 0) is 4.79 Å². The minimum atomic E-state index is -4.98. The van der Waals surface area contributed by atoms with E-state index < -0.39 is 18.0 Å². The van der Waals surface area contributed by atoms with Gasteiger partial charge in [-0.15, -0.1) is 0 Å². The summed E-state index contributed by atoms with van der Waals surface area (Å²) >= 11 is 5.92. The van der Waals surface area contributed by atoms with Crippen LogP contribution in [0.15, 0.2) is 53.6 Å². The quantitative estimate of drug-likeness (QED) is 0.619. The Morgan fingerprint density at radius 1 is 1.08 bits per heavy atom. The van der Waals surface area contributed by atoms with Crippen LogP contribution in [-0.4, -0.2) is 23.7 Å². The molecule has 26 heavy (non-hydrogen) atoms. The SMILES string of the molecule is CC(=NNC(=O)c1ccccc1Cl)c1cccc(NC(=O)C(F)(F)F)c1. The molecule has 0 atom stereocenters. The van der Waals surface area contributed by atoms with Crippen LogP contribution in [0.3, 0.4) is 0 Å². The molecule has 0 aliphatic heterocycles. The van der Waals surface area contributed by atoms with Crippen molar-refractivity contribution in [3.8, 4) is 0 Å². The van der Waals surface area contributed by atoms with Crippen molar-refractivity contribution >= 4 is 34.8 Å². The van der Waals surface area contributed by atoms with E-state index in [2.05, 4.69) is 10.5 Å². The number of anilines is 1. The van der Waals surface area contributed by atoms with Crippen LogP contribution >= 0.6 is 11.6 Å². The predicted octanol–water partition coefficient (Wildman–Crippen LogP) is 3.99. The van der Waals surface area contributed by atoms with Gasteiger partial charge in [-0.2, -0.15) is 18.3 Å². The summed E-state index contributed by atoms with van der Waals surface area (Å²) in [7, 11) is 0. The fourth-order valence-electron chi connectivity index (χ4n) is 1.93. The van der Waals surface area contributed by atoms with Crippen molar-refractivity contribution in [2.45, 2.75) is 13.1 Å². The molecule has 0 aliphatic rings. The molecule has 2 N–H and O–H groups in total. The molecule has 0 fully saturated rings. The van der Waals surface area contributed by atoms with Crippen molar-refractivity contribution in [3.63, 3.8) is 0 Å². The molecule has 2 aromatic carbocycles. The third-order valence-electron chi connectivity index (χ3n) is 3.24. The molecule has 136 valence electrons. The Kier molecular flexibility index (Phi) is 5.99. The van der Waals surface area contributed by atoms with Crippen LogP contribution in [0.5, 0.6) is 0 Å². The van der Waals surface area contributed by atoms with E-state index in [0.717, 1.165) is 0 Å². The number of alkyl halides is 3. The van der Waals surface area contributed by atoms with E-state index in [0.29, 0.717) is 11.3 Å². The van der Waals surface area contributed by atoms with Crippen LogP contribution in [0.1, 0.15) is 22.8 Å². The monoisotopic (exact) mass is 383 g/mol. The second-order valence-corrected chi connectivity index (χ2v) is 5.56. The summed E-state index contributed by atoms with van der Waals surface area (Å²) in [6.45, 7) is 1.55. The summed E-state index contributed by atoms with van der Waals surface area (Å²) in [4.78, 5) is 23.0. The minimum Gasteiger partial charge on any atom is -0.318 e. The Balaban J connectivity index is 2.12. The topological polar surface area (TPSA) is 70.6 Å². The molecule has 0 saturated carbocycles. The molecule has 2 amide bonds. The molecular formula is C17H13ClF3N3O2. The summed E-state index contributed by atoms with van der Waals surface area (Å²) in [5, 5.41) is 5.91. The standard InChI is InChI=1S/C17H13ClF3N3O2/c1-10(23-24-15(25)13-7-2-3-8-14(13)18)11-5-4-6-12(9-11)22-16(26)17(19,20)21/h2-9H,1H3,(H,22,26)(H,24,25). The van der Waals surface area contributed by atoms with Gasteiger partial charge < -0.3 is 5.32 Å². The number of hydrazone groups is 1. The predicted molar refractivity (Wildman–Crippen MR) is 92.3 cm³/mol. The fourth-order valence-corrected chi connectivity index (χ4v) is 2.15.